The monoisotopic (exact) mass is 419 g/mol. The normalized spacial score (nSPS) is 10.9. The van der Waals surface area contributed by atoms with Gasteiger partial charge in [-0.3, -0.25) is 25.2 Å². The number of hydrogen-bond acceptors (Lipinski definition) is 5. The maximum Gasteiger partial charge on any atom is 0.305 e. The van der Waals surface area contributed by atoms with Crippen LogP contribution in [0.2, 0.25) is 5.02 Å². The van der Waals surface area contributed by atoms with E-state index in [1.54, 1.807) is 18.2 Å². The first kappa shape index (κ1) is 19.5. The van der Waals surface area contributed by atoms with Crippen LogP contribution in [0.25, 0.3) is 0 Å². The molecule has 2 amide bonds. The number of sulfonamides is 1. The summed E-state index contributed by atoms with van der Waals surface area (Å²) < 4.78 is 32.4. The van der Waals surface area contributed by atoms with Crippen LogP contribution in [0.5, 0.6) is 0 Å². The highest BCUT2D eigenvalue weighted by molar-refractivity contribution is 7.92. The molecule has 8 nitrogen and oxygen atoms in total. The smallest absolute Gasteiger partial charge is 0.305 e. The van der Waals surface area contributed by atoms with E-state index >= 15 is 0 Å². The first-order valence-corrected chi connectivity index (χ1v) is 9.74. The van der Waals surface area contributed by atoms with E-state index in [1.165, 1.54) is 48.7 Å². The number of amides is 2. The number of carbonyl (C=O) groups is 2. The van der Waals surface area contributed by atoms with E-state index in [1.807, 2.05) is 0 Å². The standard InChI is InChI=1S/C18H14ClN3O5S/c19-14-7-1-2-8-15(14)22-28(25,26)13-6-3-5-12(11-13)17(23)20-21-18(24)16-9-4-10-27-16/h1-11,22H,(H,20,23)(H,21,24). The van der Waals surface area contributed by atoms with Gasteiger partial charge >= 0.3 is 5.91 Å². The molecule has 0 aliphatic carbocycles. The number of furan rings is 1. The number of carbonyl (C=O) groups excluding carboxylic acids is 2. The molecule has 0 radical (unpaired) electrons. The van der Waals surface area contributed by atoms with Crippen molar-refractivity contribution in [2.24, 2.45) is 0 Å². The third-order valence-electron chi connectivity index (χ3n) is 3.56. The minimum Gasteiger partial charge on any atom is -0.459 e. The molecule has 0 bridgehead atoms. The van der Waals surface area contributed by atoms with Gasteiger partial charge in [-0.2, -0.15) is 0 Å². The highest BCUT2D eigenvalue weighted by Crippen LogP contribution is 2.24. The van der Waals surface area contributed by atoms with Gasteiger partial charge in [0, 0.05) is 5.56 Å². The summed E-state index contributed by atoms with van der Waals surface area (Å²) in [6.45, 7) is 0. The van der Waals surface area contributed by atoms with Crippen LogP contribution in [0.4, 0.5) is 5.69 Å². The molecule has 2 aromatic carbocycles. The fraction of sp³-hybridized carbons (Fsp3) is 0. The molecule has 0 saturated carbocycles. The Morgan fingerprint density at radius 3 is 2.36 bits per heavy atom. The zero-order chi connectivity index (χ0) is 20.1. The maximum atomic E-state index is 12.6. The van der Waals surface area contributed by atoms with E-state index in [4.69, 9.17) is 16.0 Å². The van der Waals surface area contributed by atoms with Crippen molar-refractivity contribution in [2.45, 2.75) is 4.90 Å². The summed E-state index contributed by atoms with van der Waals surface area (Å²) in [5, 5.41) is 0.237. The number of hydrogen-bond donors (Lipinski definition) is 3. The van der Waals surface area contributed by atoms with Crippen LogP contribution in [0.1, 0.15) is 20.9 Å². The van der Waals surface area contributed by atoms with E-state index < -0.39 is 21.8 Å². The van der Waals surface area contributed by atoms with Gasteiger partial charge in [-0.15, -0.1) is 0 Å². The van der Waals surface area contributed by atoms with Crippen molar-refractivity contribution in [1.82, 2.24) is 10.9 Å². The Hall–Kier alpha value is -3.30. The highest BCUT2D eigenvalue weighted by atomic mass is 35.5. The molecular formula is C18H14ClN3O5S. The second kappa shape index (κ2) is 8.15. The summed E-state index contributed by atoms with van der Waals surface area (Å²) in [6.07, 6.45) is 1.32. The van der Waals surface area contributed by atoms with Crippen molar-refractivity contribution in [2.75, 3.05) is 4.72 Å². The lowest BCUT2D eigenvalue weighted by Crippen LogP contribution is -2.41. The highest BCUT2D eigenvalue weighted by Gasteiger charge is 2.18. The van der Waals surface area contributed by atoms with Gasteiger partial charge in [0.2, 0.25) is 0 Å². The molecule has 0 aliphatic heterocycles. The van der Waals surface area contributed by atoms with E-state index in [0.29, 0.717) is 0 Å². The Balaban J connectivity index is 1.73. The predicted molar refractivity (Wildman–Crippen MR) is 102 cm³/mol. The summed E-state index contributed by atoms with van der Waals surface area (Å²) in [4.78, 5) is 23.8. The molecule has 0 atom stereocenters. The van der Waals surface area contributed by atoms with Gasteiger partial charge in [0.1, 0.15) is 0 Å². The van der Waals surface area contributed by atoms with Crippen molar-refractivity contribution in [3.05, 3.63) is 83.3 Å². The SMILES string of the molecule is O=C(NNC(=O)c1ccco1)c1cccc(S(=O)(=O)Nc2ccccc2Cl)c1. The average Bonchev–Trinajstić information content (AvgIpc) is 3.22. The van der Waals surface area contributed by atoms with Crippen molar-refractivity contribution < 1.29 is 22.4 Å². The molecule has 3 N–H and O–H groups in total. The van der Waals surface area contributed by atoms with Gasteiger partial charge in [0.15, 0.2) is 5.76 Å². The predicted octanol–water partition coefficient (Wildman–Crippen LogP) is 2.81. The molecule has 3 rings (SSSR count). The molecule has 0 spiro atoms. The molecule has 1 aromatic heterocycles. The van der Waals surface area contributed by atoms with Gasteiger partial charge in [0.25, 0.3) is 15.9 Å². The number of anilines is 1. The summed E-state index contributed by atoms with van der Waals surface area (Å²) >= 11 is 5.97. The van der Waals surface area contributed by atoms with Gasteiger partial charge < -0.3 is 4.42 Å². The largest absolute Gasteiger partial charge is 0.459 e. The second-order valence-electron chi connectivity index (χ2n) is 5.50. The van der Waals surface area contributed by atoms with Crippen molar-refractivity contribution >= 4 is 39.1 Å². The van der Waals surface area contributed by atoms with Crippen LogP contribution in [-0.4, -0.2) is 20.2 Å². The molecule has 1 heterocycles. The summed E-state index contributed by atoms with van der Waals surface area (Å²) in [7, 11) is -3.98. The number of benzene rings is 2. The van der Waals surface area contributed by atoms with Crippen LogP contribution in [0.3, 0.4) is 0 Å². The number of nitrogens with one attached hydrogen (secondary N) is 3. The van der Waals surface area contributed by atoms with Crippen molar-refractivity contribution in [3.63, 3.8) is 0 Å². The summed E-state index contributed by atoms with van der Waals surface area (Å²) in [6, 6.07) is 14.6. The van der Waals surface area contributed by atoms with Crippen LogP contribution in [0.15, 0.2) is 76.2 Å². The van der Waals surface area contributed by atoms with Gasteiger partial charge in [-0.1, -0.05) is 29.8 Å². The number of para-hydroxylation sites is 1. The third kappa shape index (κ3) is 4.51. The van der Waals surface area contributed by atoms with E-state index in [0.717, 1.165) is 0 Å². The lowest BCUT2D eigenvalue weighted by molar-refractivity contribution is 0.0831. The third-order valence-corrected chi connectivity index (χ3v) is 5.25. The van der Waals surface area contributed by atoms with E-state index in [9.17, 15) is 18.0 Å². The zero-order valence-corrected chi connectivity index (χ0v) is 15.8. The topological polar surface area (TPSA) is 118 Å². The zero-order valence-electron chi connectivity index (χ0n) is 14.2. The number of hydrazine groups is 1. The van der Waals surface area contributed by atoms with Gasteiger partial charge in [-0.25, -0.2) is 8.42 Å². The Morgan fingerprint density at radius 1 is 0.893 bits per heavy atom. The van der Waals surface area contributed by atoms with Crippen LogP contribution >= 0.6 is 11.6 Å². The fourth-order valence-corrected chi connectivity index (χ4v) is 3.57. The Kier molecular flexibility index (Phi) is 5.67. The minimum atomic E-state index is -3.98. The second-order valence-corrected chi connectivity index (χ2v) is 7.59. The van der Waals surface area contributed by atoms with Crippen LogP contribution in [0, 0.1) is 0 Å². The molecule has 144 valence electrons. The molecule has 0 unspecified atom stereocenters. The summed E-state index contributed by atoms with van der Waals surface area (Å²) in [5.74, 6) is -1.34. The van der Waals surface area contributed by atoms with Crippen LogP contribution in [-0.2, 0) is 10.0 Å². The molecule has 0 fully saturated rings. The molecule has 0 saturated heterocycles. The number of halogens is 1. The van der Waals surface area contributed by atoms with Crippen molar-refractivity contribution in [1.29, 1.82) is 0 Å². The Morgan fingerprint density at radius 2 is 1.64 bits per heavy atom. The van der Waals surface area contributed by atoms with E-state index in [2.05, 4.69) is 15.6 Å². The van der Waals surface area contributed by atoms with E-state index in [-0.39, 0.29) is 26.9 Å². The lowest BCUT2D eigenvalue weighted by atomic mass is 10.2. The first-order valence-electron chi connectivity index (χ1n) is 7.88. The van der Waals surface area contributed by atoms with Gasteiger partial charge in [-0.05, 0) is 42.5 Å². The Labute approximate surface area is 165 Å². The summed E-state index contributed by atoms with van der Waals surface area (Å²) in [5.41, 5.74) is 4.61. The molecule has 0 aliphatic rings. The molecule has 3 aromatic rings. The molecular weight excluding hydrogens is 406 g/mol. The quantitative estimate of drug-likeness (QED) is 0.549. The van der Waals surface area contributed by atoms with Crippen LogP contribution < -0.4 is 15.6 Å². The molecule has 10 heteroatoms. The average molecular weight is 420 g/mol. The fourth-order valence-electron chi connectivity index (χ4n) is 2.21. The molecule has 28 heavy (non-hydrogen) atoms. The Bertz CT molecular complexity index is 1110. The van der Waals surface area contributed by atoms with Gasteiger partial charge in [0.05, 0.1) is 21.9 Å². The maximum absolute atomic E-state index is 12.6. The minimum absolute atomic E-state index is 0.0144. The first-order chi connectivity index (χ1) is 13.4. The lowest BCUT2D eigenvalue weighted by Gasteiger charge is -2.11. The van der Waals surface area contributed by atoms with Crippen molar-refractivity contribution in [3.8, 4) is 0 Å². The number of rotatable bonds is 5.